The van der Waals surface area contributed by atoms with Gasteiger partial charge in [-0.1, -0.05) is 18.6 Å². The van der Waals surface area contributed by atoms with E-state index in [1.807, 2.05) is 6.07 Å². The Bertz CT molecular complexity index is 403. The van der Waals surface area contributed by atoms with Crippen LogP contribution in [0.1, 0.15) is 30.4 Å². The van der Waals surface area contributed by atoms with Gasteiger partial charge in [0.15, 0.2) is 0 Å². The molecule has 0 aromatic heterocycles. The fraction of sp³-hybridized carbons (Fsp3) is 0.462. The number of halogens is 1. The molecule has 1 aromatic rings. The molecule has 1 saturated heterocycles. The summed E-state index contributed by atoms with van der Waals surface area (Å²) >= 11 is 0. The van der Waals surface area contributed by atoms with Gasteiger partial charge in [0.1, 0.15) is 11.9 Å². The van der Waals surface area contributed by atoms with Crippen LogP contribution in [0.2, 0.25) is 0 Å². The lowest BCUT2D eigenvalue weighted by atomic mass is 10.1. The number of nitrogens with zero attached hydrogens (tertiary/aromatic N) is 2. The van der Waals surface area contributed by atoms with Crippen molar-refractivity contribution in [2.24, 2.45) is 0 Å². The molecule has 16 heavy (non-hydrogen) atoms. The van der Waals surface area contributed by atoms with Crippen molar-refractivity contribution in [3.63, 3.8) is 0 Å². The van der Waals surface area contributed by atoms with Gasteiger partial charge in [-0.3, -0.25) is 4.90 Å². The van der Waals surface area contributed by atoms with Gasteiger partial charge in [0, 0.05) is 12.1 Å². The van der Waals surface area contributed by atoms with Gasteiger partial charge in [-0.2, -0.15) is 5.26 Å². The fourth-order valence-electron chi connectivity index (χ4n) is 2.15. The highest BCUT2D eigenvalue weighted by molar-refractivity contribution is 5.34. The molecule has 0 N–H and O–H groups in total. The van der Waals surface area contributed by atoms with E-state index in [0.717, 1.165) is 13.1 Å². The van der Waals surface area contributed by atoms with E-state index >= 15 is 0 Å². The van der Waals surface area contributed by atoms with Crippen molar-refractivity contribution in [3.05, 3.63) is 35.1 Å². The molecule has 1 fully saturated rings. The molecule has 0 spiro atoms. The van der Waals surface area contributed by atoms with Gasteiger partial charge in [0.05, 0.1) is 5.56 Å². The highest BCUT2D eigenvalue weighted by Gasteiger charge is 2.14. The predicted octanol–water partition coefficient (Wildman–Crippen LogP) is 2.68. The molecule has 0 atom stereocenters. The second kappa shape index (κ2) is 5.09. The number of piperidine rings is 1. The van der Waals surface area contributed by atoms with Crippen LogP contribution in [0.15, 0.2) is 18.2 Å². The molecule has 0 bridgehead atoms. The average molecular weight is 218 g/mol. The first-order valence-electron chi connectivity index (χ1n) is 5.71. The van der Waals surface area contributed by atoms with Crippen LogP contribution in [0.25, 0.3) is 0 Å². The molecule has 84 valence electrons. The van der Waals surface area contributed by atoms with Gasteiger partial charge in [-0.25, -0.2) is 4.39 Å². The molecule has 0 aliphatic carbocycles. The Kier molecular flexibility index (Phi) is 3.53. The Morgan fingerprint density at radius 2 is 2.00 bits per heavy atom. The third kappa shape index (κ3) is 2.40. The molecule has 0 saturated carbocycles. The first kappa shape index (κ1) is 11.1. The average Bonchev–Trinajstić information content (AvgIpc) is 2.33. The Morgan fingerprint density at radius 3 is 2.69 bits per heavy atom. The maximum absolute atomic E-state index is 13.8. The normalized spacial score (nSPS) is 17.0. The monoisotopic (exact) mass is 218 g/mol. The number of rotatable bonds is 2. The summed E-state index contributed by atoms with van der Waals surface area (Å²) in [6.45, 7) is 2.70. The summed E-state index contributed by atoms with van der Waals surface area (Å²) in [4.78, 5) is 2.25. The van der Waals surface area contributed by atoms with Crippen molar-refractivity contribution in [2.75, 3.05) is 13.1 Å². The standard InChI is InChI=1S/C13H15FN2/c14-13-11(9-15)5-4-6-12(13)10-16-7-2-1-3-8-16/h4-6H,1-3,7-8,10H2. The van der Waals surface area contributed by atoms with E-state index < -0.39 is 0 Å². The summed E-state index contributed by atoms with van der Waals surface area (Å²) in [6, 6.07) is 6.92. The van der Waals surface area contributed by atoms with Gasteiger partial charge >= 0.3 is 0 Å². The Labute approximate surface area is 95.3 Å². The lowest BCUT2D eigenvalue weighted by Gasteiger charge is -2.26. The van der Waals surface area contributed by atoms with Crippen molar-refractivity contribution in [3.8, 4) is 6.07 Å². The van der Waals surface area contributed by atoms with Gasteiger partial charge < -0.3 is 0 Å². The van der Waals surface area contributed by atoms with Crippen LogP contribution in [0.4, 0.5) is 4.39 Å². The van der Waals surface area contributed by atoms with Crippen LogP contribution in [-0.4, -0.2) is 18.0 Å². The van der Waals surface area contributed by atoms with E-state index in [0.29, 0.717) is 12.1 Å². The molecule has 2 rings (SSSR count). The number of hydrogen-bond donors (Lipinski definition) is 0. The zero-order valence-corrected chi connectivity index (χ0v) is 9.25. The predicted molar refractivity (Wildman–Crippen MR) is 60.2 cm³/mol. The highest BCUT2D eigenvalue weighted by Crippen LogP contribution is 2.17. The van der Waals surface area contributed by atoms with Gasteiger partial charge in [0.25, 0.3) is 0 Å². The summed E-state index contributed by atoms with van der Waals surface area (Å²) < 4.78 is 13.8. The molecule has 0 unspecified atom stereocenters. The van der Waals surface area contributed by atoms with Crippen LogP contribution in [0, 0.1) is 17.1 Å². The van der Waals surface area contributed by atoms with Crippen LogP contribution in [0.3, 0.4) is 0 Å². The number of benzene rings is 1. The molecular formula is C13H15FN2. The smallest absolute Gasteiger partial charge is 0.145 e. The van der Waals surface area contributed by atoms with Crippen molar-refractivity contribution < 1.29 is 4.39 Å². The molecule has 1 aromatic carbocycles. The van der Waals surface area contributed by atoms with E-state index in [-0.39, 0.29) is 11.4 Å². The number of hydrogen-bond acceptors (Lipinski definition) is 2. The quantitative estimate of drug-likeness (QED) is 0.763. The highest BCUT2D eigenvalue weighted by atomic mass is 19.1. The number of nitriles is 1. The minimum atomic E-state index is -0.351. The van der Waals surface area contributed by atoms with Crippen molar-refractivity contribution >= 4 is 0 Å². The molecule has 2 nitrogen and oxygen atoms in total. The molecule has 1 aliphatic heterocycles. The summed E-state index contributed by atoms with van der Waals surface area (Å²) in [5.74, 6) is -0.351. The second-order valence-electron chi connectivity index (χ2n) is 4.23. The maximum atomic E-state index is 13.8. The van der Waals surface area contributed by atoms with Crippen LogP contribution in [-0.2, 0) is 6.54 Å². The van der Waals surface area contributed by atoms with Crippen molar-refractivity contribution in [1.29, 1.82) is 5.26 Å². The molecule has 0 amide bonds. The van der Waals surface area contributed by atoms with Crippen molar-refractivity contribution in [1.82, 2.24) is 4.90 Å². The summed E-state index contributed by atoms with van der Waals surface area (Å²) in [7, 11) is 0. The minimum absolute atomic E-state index is 0.148. The zero-order chi connectivity index (χ0) is 11.4. The molecule has 1 aliphatic rings. The van der Waals surface area contributed by atoms with Crippen LogP contribution in [0.5, 0.6) is 0 Å². The summed E-state index contributed by atoms with van der Waals surface area (Å²) in [5, 5.41) is 8.75. The van der Waals surface area contributed by atoms with Crippen LogP contribution >= 0.6 is 0 Å². The SMILES string of the molecule is N#Cc1cccc(CN2CCCCC2)c1F. The van der Waals surface area contributed by atoms with Gasteiger partial charge in [0.2, 0.25) is 0 Å². The second-order valence-corrected chi connectivity index (χ2v) is 4.23. The summed E-state index contributed by atoms with van der Waals surface area (Å²) in [6.07, 6.45) is 3.66. The summed E-state index contributed by atoms with van der Waals surface area (Å²) in [5.41, 5.74) is 0.787. The van der Waals surface area contributed by atoms with Crippen molar-refractivity contribution in [2.45, 2.75) is 25.8 Å². The van der Waals surface area contributed by atoms with Crippen LogP contribution < -0.4 is 0 Å². The number of likely N-dealkylation sites (tertiary alicyclic amines) is 1. The largest absolute Gasteiger partial charge is 0.299 e. The van der Waals surface area contributed by atoms with E-state index in [2.05, 4.69) is 4.90 Å². The lowest BCUT2D eigenvalue weighted by molar-refractivity contribution is 0.218. The minimum Gasteiger partial charge on any atom is -0.299 e. The topological polar surface area (TPSA) is 27.0 Å². The molecular weight excluding hydrogens is 203 g/mol. The lowest BCUT2D eigenvalue weighted by Crippen LogP contribution is -2.29. The first-order chi connectivity index (χ1) is 7.81. The van der Waals surface area contributed by atoms with Gasteiger partial charge in [-0.15, -0.1) is 0 Å². The zero-order valence-electron chi connectivity index (χ0n) is 9.25. The molecule has 3 heteroatoms. The van der Waals surface area contributed by atoms with E-state index in [1.54, 1.807) is 12.1 Å². The Hall–Kier alpha value is -1.40. The molecule has 0 radical (unpaired) electrons. The first-order valence-corrected chi connectivity index (χ1v) is 5.71. The van der Waals surface area contributed by atoms with E-state index in [1.165, 1.54) is 25.3 Å². The fourth-order valence-corrected chi connectivity index (χ4v) is 2.15. The Morgan fingerprint density at radius 1 is 1.25 bits per heavy atom. The third-order valence-corrected chi connectivity index (χ3v) is 3.04. The van der Waals surface area contributed by atoms with E-state index in [9.17, 15) is 4.39 Å². The third-order valence-electron chi connectivity index (χ3n) is 3.04. The molecule has 1 heterocycles. The maximum Gasteiger partial charge on any atom is 0.145 e. The van der Waals surface area contributed by atoms with E-state index in [4.69, 9.17) is 5.26 Å². The Balaban J connectivity index is 2.12. The van der Waals surface area contributed by atoms with Gasteiger partial charge in [-0.05, 0) is 32.0 Å².